The van der Waals surface area contributed by atoms with Gasteiger partial charge in [0.15, 0.2) is 23.7 Å². The monoisotopic (exact) mass is 531 g/mol. The van der Waals surface area contributed by atoms with E-state index in [0.29, 0.717) is 19.4 Å². The van der Waals surface area contributed by atoms with Crippen LogP contribution in [0.1, 0.15) is 44.2 Å². The molecule has 2 unspecified atom stereocenters. The number of benzene rings is 1. The van der Waals surface area contributed by atoms with Crippen molar-refractivity contribution in [2.24, 2.45) is 0 Å². The molecule has 2 aliphatic carbocycles. The first-order valence-electron chi connectivity index (χ1n) is 12.3. The van der Waals surface area contributed by atoms with E-state index in [-0.39, 0.29) is 29.7 Å². The summed E-state index contributed by atoms with van der Waals surface area (Å²) in [6.07, 6.45) is -2.13. The Hall–Kier alpha value is -3.64. The number of piperidine rings is 1. The summed E-state index contributed by atoms with van der Waals surface area (Å²) in [6.45, 7) is 2.90. The van der Waals surface area contributed by atoms with Crippen LogP contribution >= 0.6 is 0 Å². The summed E-state index contributed by atoms with van der Waals surface area (Å²) in [5.41, 5.74) is -0.517. The van der Waals surface area contributed by atoms with Crippen molar-refractivity contribution >= 4 is 23.9 Å². The van der Waals surface area contributed by atoms with Crippen LogP contribution in [0.3, 0.4) is 0 Å². The predicted molar refractivity (Wildman–Crippen MR) is 126 cm³/mol. The average Bonchev–Trinajstić information content (AvgIpc) is 3.19. The average molecular weight is 532 g/mol. The quantitative estimate of drug-likeness (QED) is 0.330. The summed E-state index contributed by atoms with van der Waals surface area (Å²) in [6, 6.07) is 3.16. The second-order valence-electron chi connectivity index (χ2n) is 10.3. The first kappa shape index (κ1) is 26.0. The van der Waals surface area contributed by atoms with Crippen LogP contribution in [0.15, 0.2) is 24.0 Å². The number of hydrogen-bond acceptors (Lipinski definition) is 11. The predicted octanol–water partition coefficient (Wildman–Crippen LogP) is 0.551. The molecule has 12 heteroatoms. The van der Waals surface area contributed by atoms with E-state index in [2.05, 4.69) is 4.90 Å². The third-order valence-electron chi connectivity index (χ3n) is 8.13. The number of carboxylic acid groups (broad SMARTS) is 1. The largest absolute Gasteiger partial charge is 0.504 e. The zero-order chi connectivity index (χ0) is 27.6. The van der Waals surface area contributed by atoms with E-state index in [4.69, 9.17) is 24.1 Å². The molecule has 5 rings (SSSR count). The zero-order valence-corrected chi connectivity index (χ0v) is 21.1. The Morgan fingerprint density at radius 1 is 1.21 bits per heavy atom. The molecule has 38 heavy (non-hydrogen) atoms. The van der Waals surface area contributed by atoms with Crippen molar-refractivity contribution in [2.75, 3.05) is 13.6 Å². The molecule has 1 aromatic carbocycles. The Kier molecular flexibility index (Phi) is 6.14. The van der Waals surface area contributed by atoms with E-state index in [1.165, 1.54) is 6.92 Å². The molecule has 0 amide bonds. The molecule has 0 saturated carbocycles. The van der Waals surface area contributed by atoms with E-state index in [1.54, 1.807) is 12.1 Å². The highest BCUT2D eigenvalue weighted by Gasteiger charge is 2.72. The fourth-order valence-corrected chi connectivity index (χ4v) is 6.47. The van der Waals surface area contributed by atoms with Crippen molar-refractivity contribution < 1.29 is 53.4 Å². The molecule has 1 aromatic rings. The number of rotatable bonds is 7. The van der Waals surface area contributed by atoms with E-state index in [0.717, 1.165) is 18.1 Å². The summed E-state index contributed by atoms with van der Waals surface area (Å²) in [5.74, 6) is -4.14. The van der Waals surface area contributed by atoms with Gasteiger partial charge in [0, 0.05) is 24.9 Å². The third-order valence-corrected chi connectivity index (χ3v) is 8.13. The highest BCUT2D eigenvalue weighted by molar-refractivity contribution is 5.86. The van der Waals surface area contributed by atoms with Crippen LogP contribution in [0, 0.1) is 0 Å². The standard InChI is InChI=1S/C26H29NO11/c1-12(35-24(33)17(11-19(30)31)36-13(2)28)23(32)37-16-6-7-26(34)18-10-14-4-5-15(29)21-20(14)25(26,22(16)38-21)8-9-27(18)3/h4-6,12,17-18,22,29,34H,7-11H2,1-3H3,(H,30,31)/t12?,17?,18-,22+,25+,26-/m1/s1. The Morgan fingerprint density at radius 3 is 2.63 bits per heavy atom. The van der Waals surface area contributed by atoms with Crippen LogP contribution in [0.2, 0.25) is 0 Å². The summed E-state index contributed by atoms with van der Waals surface area (Å²) in [4.78, 5) is 49.8. The Bertz CT molecular complexity index is 1240. The maximum atomic E-state index is 13.0. The Balaban J connectivity index is 1.40. The lowest BCUT2D eigenvalue weighted by molar-refractivity contribution is -0.181. The summed E-state index contributed by atoms with van der Waals surface area (Å²) >= 11 is 0. The third kappa shape index (κ3) is 3.73. The Labute approximate surface area is 217 Å². The lowest BCUT2D eigenvalue weighted by atomic mass is 9.50. The molecule has 1 fully saturated rings. The van der Waals surface area contributed by atoms with Gasteiger partial charge in [-0.15, -0.1) is 0 Å². The van der Waals surface area contributed by atoms with Crippen LogP contribution in [-0.4, -0.2) is 87.6 Å². The van der Waals surface area contributed by atoms with Crippen LogP contribution in [0.4, 0.5) is 0 Å². The van der Waals surface area contributed by atoms with Gasteiger partial charge < -0.3 is 39.2 Å². The zero-order valence-electron chi connectivity index (χ0n) is 21.1. The van der Waals surface area contributed by atoms with Gasteiger partial charge in [-0.3, -0.25) is 9.59 Å². The number of likely N-dealkylation sites (N-methyl/N-ethyl adjacent to an activating group) is 1. The molecule has 12 nitrogen and oxygen atoms in total. The van der Waals surface area contributed by atoms with E-state index in [1.807, 2.05) is 13.1 Å². The number of esters is 3. The van der Waals surface area contributed by atoms with Crippen molar-refractivity contribution in [3.8, 4) is 11.5 Å². The molecule has 0 aromatic heterocycles. The summed E-state index contributed by atoms with van der Waals surface area (Å²) < 4.78 is 21.6. The number of nitrogens with zero attached hydrogens (tertiary/aromatic N) is 1. The van der Waals surface area contributed by atoms with Gasteiger partial charge in [-0.1, -0.05) is 6.07 Å². The van der Waals surface area contributed by atoms with Gasteiger partial charge in [0.2, 0.25) is 6.10 Å². The van der Waals surface area contributed by atoms with Gasteiger partial charge in [-0.05, 0) is 51.1 Å². The summed E-state index contributed by atoms with van der Waals surface area (Å²) in [5, 5.41) is 31.7. The molecule has 2 bridgehead atoms. The van der Waals surface area contributed by atoms with Gasteiger partial charge in [0.25, 0.3) is 0 Å². The number of phenolic OH excluding ortho intramolecular Hbond substituents is 1. The van der Waals surface area contributed by atoms with Crippen molar-refractivity contribution in [2.45, 2.75) is 74.9 Å². The minimum Gasteiger partial charge on any atom is -0.504 e. The van der Waals surface area contributed by atoms with E-state index >= 15 is 0 Å². The molecule has 1 spiro atoms. The molecule has 4 aliphatic rings. The molecule has 3 N–H and O–H groups in total. The second kappa shape index (κ2) is 8.98. The maximum Gasteiger partial charge on any atom is 0.352 e. The molecule has 204 valence electrons. The van der Waals surface area contributed by atoms with Crippen LogP contribution in [0.25, 0.3) is 0 Å². The number of carbonyl (C=O) groups is 4. The van der Waals surface area contributed by atoms with E-state index < -0.39 is 59.6 Å². The van der Waals surface area contributed by atoms with E-state index in [9.17, 15) is 29.4 Å². The van der Waals surface area contributed by atoms with Crippen molar-refractivity contribution in [3.63, 3.8) is 0 Å². The fraction of sp³-hybridized carbons (Fsp3) is 0.538. The number of carbonyl (C=O) groups excluding carboxylic acids is 3. The van der Waals surface area contributed by atoms with Crippen LogP contribution in [-0.2, 0) is 45.2 Å². The molecular weight excluding hydrogens is 502 g/mol. The van der Waals surface area contributed by atoms with Crippen molar-refractivity contribution in [1.29, 1.82) is 0 Å². The SMILES string of the molecule is CC(=O)OC(CC(=O)O)C(=O)OC(C)C(=O)OC1=CC[C@@]2(O)[C@H]3Cc4ccc(O)c5c4[C@@]2(CCN3C)[C@H]1O5. The van der Waals surface area contributed by atoms with Gasteiger partial charge in [-0.2, -0.15) is 0 Å². The number of ether oxygens (including phenoxy) is 4. The Morgan fingerprint density at radius 2 is 1.95 bits per heavy atom. The fourth-order valence-electron chi connectivity index (χ4n) is 6.47. The number of phenols is 1. The molecule has 6 atom stereocenters. The number of aliphatic carboxylic acids is 1. The maximum absolute atomic E-state index is 13.0. The lowest BCUT2D eigenvalue weighted by Gasteiger charge is -2.61. The number of aromatic hydroxyl groups is 1. The minimum absolute atomic E-state index is 0.0739. The molecule has 2 aliphatic heterocycles. The topological polar surface area (TPSA) is 169 Å². The number of aliphatic hydroxyl groups is 1. The molecular formula is C26H29NO11. The number of likely N-dealkylation sites (tertiary alicyclic amines) is 1. The smallest absolute Gasteiger partial charge is 0.352 e. The highest BCUT2D eigenvalue weighted by atomic mass is 16.6. The first-order chi connectivity index (χ1) is 17.9. The number of carboxylic acids is 1. The minimum atomic E-state index is -1.73. The normalized spacial score (nSPS) is 30.2. The van der Waals surface area contributed by atoms with Gasteiger partial charge in [0.1, 0.15) is 5.76 Å². The first-order valence-corrected chi connectivity index (χ1v) is 12.3. The molecule has 2 heterocycles. The van der Waals surface area contributed by atoms with Gasteiger partial charge >= 0.3 is 23.9 Å². The highest BCUT2D eigenvalue weighted by Crippen LogP contribution is 2.65. The molecule has 0 radical (unpaired) electrons. The number of hydrogen-bond donors (Lipinski definition) is 3. The van der Waals surface area contributed by atoms with Crippen LogP contribution < -0.4 is 4.74 Å². The van der Waals surface area contributed by atoms with Crippen LogP contribution in [0.5, 0.6) is 11.5 Å². The van der Waals surface area contributed by atoms with Gasteiger partial charge in [-0.25, -0.2) is 9.59 Å². The lowest BCUT2D eigenvalue weighted by Crippen LogP contribution is -2.74. The van der Waals surface area contributed by atoms with Gasteiger partial charge in [0.05, 0.1) is 17.4 Å². The summed E-state index contributed by atoms with van der Waals surface area (Å²) in [7, 11) is 1.95. The molecule has 1 saturated heterocycles. The van der Waals surface area contributed by atoms with Crippen molar-refractivity contribution in [3.05, 3.63) is 35.1 Å². The second-order valence-corrected chi connectivity index (χ2v) is 10.3. The van der Waals surface area contributed by atoms with Crippen molar-refractivity contribution in [1.82, 2.24) is 4.90 Å².